The number of rotatable bonds is 5. The molecule has 1 N–H and O–H groups in total. The lowest BCUT2D eigenvalue weighted by Gasteiger charge is -2.10. The number of benzene rings is 2. The van der Waals surface area contributed by atoms with Crippen LogP contribution in [0.4, 0.5) is 5.13 Å². The first-order chi connectivity index (χ1) is 16.9. The number of nitrogens with zero attached hydrogens (tertiary/aromatic N) is 4. The molecule has 0 aliphatic carbocycles. The van der Waals surface area contributed by atoms with Crippen molar-refractivity contribution in [2.24, 2.45) is 7.05 Å². The number of methoxy groups -OCH3 is 1. The summed E-state index contributed by atoms with van der Waals surface area (Å²) in [4.78, 5) is 30.1. The summed E-state index contributed by atoms with van der Waals surface area (Å²) in [5, 5.41) is 10.4. The van der Waals surface area contributed by atoms with Gasteiger partial charge in [-0.1, -0.05) is 18.2 Å². The number of hydrogen-bond acceptors (Lipinski definition) is 6. The second-order valence-corrected chi connectivity index (χ2v) is 8.99. The number of thiazole rings is 1. The molecule has 0 saturated carbocycles. The number of fused-ring (bicyclic) bond motifs is 1. The number of anilines is 1. The molecule has 2 aromatic carbocycles. The van der Waals surface area contributed by atoms with E-state index in [1.54, 1.807) is 31.4 Å². The van der Waals surface area contributed by atoms with Crippen molar-refractivity contribution in [3.8, 4) is 22.7 Å². The minimum absolute atomic E-state index is 0.178. The number of carbonyl (C=O) groups is 1. The van der Waals surface area contributed by atoms with Gasteiger partial charge in [-0.05, 0) is 50.2 Å². The highest BCUT2D eigenvalue weighted by molar-refractivity contribution is 7.14. The van der Waals surface area contributed by atoms with Gasteiger partial charge in [0.25, 0.3) is 11.5 Å². The molecule has 0 atom stereocenters. The van der Waals surface area contributed by atoms with Crippen molar-refractivity contribution in [1.29, 1.82) is 0 Å². The largest absolute Gasteiger partial charge is 0.497 e. The van der Waals surface area contributed by atoms with Gasteiger partial charge in [0.05, 0.1) is 18.2 Å². The van der Waals surface area contributed by atoms with Gasteiger partial charge >= 0.3 is 0 Å². The van der Waals surface area contributed by atoms with E-state index in [1.165, 1.54) is 23.1 Å². The van der Waals surface area contributed by atoms with Gasteiger partial charge in [0.1, 0.15) is 5.75 Å². The van der Waals surface area contributed by atoms with Crippen LogP contribution in [0.5, 0.6) is 5.75 Å². The van der Waals surface area contributed by atoms with Gasteiger partial charge < -0.3 is 9.30 Å². The van der Waals surface area contributed by atoms with Crippen LogP contribution in [-0.4, -0.2) is 32.3 Å². The van der Waals surface area contributed by atoms with Crippen molar-refractivity contribution < 1.29 is 9.53 Å². The van der Waals surface area contributed by atoms with Gasteiger partial charge in [-0.2, -0.15) is 5.10 Å². The first-order valence-electron chi connectivity index (χ1n) is 10.9. The summed E-state index contributed by atoms with van der Waals surface area (Å²) in [5.74, 6) is 0.387. The predicted molar refractivity (Wildman–Crippen MR) is 138 cm³/mol. The molecular weight excluding hydrogens is 462 g/mol. The summed E-state index contributed by atoms with van der Waals surface area (Å²) in [6.07, 6.45) is 0. The van der Waals surface area contributed by atoms with Crippen molar-refractivity contribution in [3.05, 3.63) is 87.4 Å². The van der Waals surface area contributed by atoms with E-state index in [0.29, 0.717) is 15.9 Å². The average Bonchev–Trinajstić information content (AvgIpc) is 3.44. The standard InChI is InChI=1S/C26H23N5O3S/c1-15-13-21(16(2)31(15)17-9-11-18(34-4)12-10-17)22-14-35-26(27-22)28-24(32)23-19-7-5-6-8-20(19)25(33)30(3)29-23/h5-14H,1-4H3,(H,27,28,32). The molecule has 3 heterocycles. The lowest BCUT2D eigenvalue weighted by Crippen LogP contribution is -2.25. The van der Waals surface area contributed by atoms with Crippen molar-refractivity contribution in [2.75, 3.05) is 12.4 Å². The fourth-order valence-corrected chi connectivity index (χ4v) is 4.93. The minimum Gasteiger partial charge on any atom is -0.497 e. The summed E-state index contributed by atoms with van der Waals surface area (Å²) < 4.78 is 8.61. The van der Waals surface area contributed by atoms with Crippen molar-refractivity contribution >= 4 is 33.1 Å². The molecule has 0 bridgehead atoms. The quantitative estimate of drug-likeness (QED) is 0.389. The zero-order chi connectivity index (χ0) is 24.7. The zero-order valence-electron chi connectivity index (χ0n) is 19.7. The lowest BCUT2D eigenvalue weighted by molar-refractivity contribution is 0.102. The second kappa shape index (κ2) is 8.84. The summed E-state index contributed by atoms with van der Waals surface area (Å²) in [6, 6.07) is 16.9. The summed E-state index contributed by atoms with van der Waals surface area (Å²) in [7, 11) is 3.18. The van der Waals surface area contributed by atoms with E-state index >= 15 is 0 Å². The van der Waals surface area contributed by atoms with Crippen LogP contribution in [-0.2, 0) is 7.05 Å². The molecule has 3 aromatic heterocycles. The summed E-state index contributed by atoms with van der Waals surface area (Å²) >= 11 is 1.34. The molecule has 0 spiro atoms. The van der Waals surface area contributed by atoms with Crippen LogP contribution in [0.3, 0.4) is 0 Å². The molecule has 0 saturated heterocycles. The highest BCUT2D eigenvalue weighted by Crippen LogP contribution is 2.32. The molecule has 9 heteroatoms. The highest BCUT2D eigenvalue weighted by atomic mass is 32.1. The van der Waals surface area contributed by atoms with Gasteiger partial charge in [0, 0.05) is 40.5 Å². The first-order valence-corrected chi connectivity index (χ1v) is 11.8. The Kier molecular flexibility index (Phi) is 5.70. The predicted octanol–water partition coefficient (Wildman–Crippen LogP) is 4.73. The minimum atomic E-state index is -0.415. The van der Waals surface area contributed by atoms with Crippen LogP contribution < -0.4 is 15.6 Å². The van der Waals surface area contributed by atoms with Crippen LogP contribution in [0, 0.1) is 13.8 Å². The molecule has 0 aliphatic rings. The van der Waals surface area contributed by atoms with E-state index in [2.05, 4.69) is 26.0 Å². The van der Waals surface area contributed by atoms with Gasteiger partial charge in [-0.15, -0.1) is 11.3 Å². The molecule has 35 heavy (non-hydrogen) atoms. The van der Waals surface area contributed by atoms with E-state index in [-0.39, 0.29) is 11.3 Å². The topological polar surface area (TPSA) is 91.0 Å². The molecular formula is C26H23N5O3S. The molecule has 176 valence electrons. The SMILES string of the molecule is COc1ccc(-n2c(C)cc(-c3csc(NC(=O)c4nn(C)c(=O)c5ccccc45)n3)c2C)cc1. The Hall–Kier alpha value is -4.24. The molecule has 0 aliphatic heterocycles. The van der Waals surface area contributed by atoms with Gasteiger partial charge in [0.15, 0.2) is 10.8 Å². The third-order valence-corrected chi connectivity index (χ3v) is 6.69. The normalized spacial score (nSPS) is 11.1. The Morgan fingerprint density at radius 2 is 1.77 bits per heavy atom. The van der Waals surface area contributed by atoms with E-state index in [1.807, 2.05) is 43.5 Å². The lowest BCUT2D eigenvalue weighted by atomic mass is 10.1. The zero-order valence-corrected chi connectivity index (χ0v) is 20.5. The van der Waals surface area contributed by atoms with E-state index < -0.39 is 5.91 Å². The summed E-state index contributed by atoms with van der Waals surface area (Å²) in [5.41, 5.74) is 4.84. The van der Waals surface area contributed by atoms with Crippen LogP contribution >= 0.6 is 11.3 Å². The van der Waals surface area contributed by atoms with Crippen molar-refractivity contribution in [3.63, 3.8) is 0 Å². The number of amides is 1. The average molecular weight is 486 g/mol. The number of aromatic nitrogens is 4. The van der Waals surface area contributed by atoms with Gasteiger partial charge in [-0.25, -0.2) is 9.67 Å². The van der Waals surface area contributed by atoms with Gasteiger partial charge in [-0.3, -0.25) is 14.9 Å². The summed E-state index contributed by atoms with van der Waals surface area (Å²) in [6.45, 7) is 4.09. The number of hydrogen-bond donors (Lipinski definition) is 1. The first kappa shape index (κ1) is 22.5. The molecule has 8 nitrogen and oxygen atoms in total. The number of aryl methyl sites for hydroxylation is 2. The fraction of sp³-hybridized carbons (Fsp3) is 0.154. The Labute approximate surface area is 205 Å². The van der Waals surface area contributed by atoms with E-state index in [4.69, 9.17) is 4.74 Å². The highest BCUT2D eigenvalue weighted by Gasteiger charge is 2.19. The molecule has 5 aromatic rings. The Morgan fingerprint density at radius 3 is 2.49 bits per heavy atom. The third kappa shape index (κ3) is 4.00. The number of carbonyl (C=O) groups excluding carboxylic acids is 1. The van der Waals surface area contributed by atoms with Crippen LogP contribution in [0.25, 0.3) is 27.7 Å². The molecule has 1 amide bonds. The van der Waals surface area contributed by atoms with Crippen molar-refractivity contribution in [2.45, 2.75) is 13.8 Å². The van der Waals surface area contributed by atoms with Crippen LogP contribution in [0.1, 0.15) is 21.9 Å². The smallest absolute Gasteiger partial charge is 0.278 e. The van der Waals surface area contributed by atoms with E-state index in [9.17, 15) is 9.59 Å². The number of nitrogens with one attached hydrogen (secondary N) is 1. The van der Waals surface area contributed by atoms with E-state index in [0.717, 1.165) is 34.1 Å². The molecule has 0 unspecified atom stereocenters. The monoisotopic (exact) mass is 485 g/mol. The molecule has 0 radical (unpaired) electrons. The van der Waals surface area contributed by atoms with Gasteiger partial charge in [0.2, 0.25) is 0 Å². The maximum Gasteiger partial charge on any atom is 0.278 e. The fourth-order valence-electron chi connectivity index (χ4n) is 4.23. The maximum absolute atomic E-state index is 13.1. The number of ether oxygens (including phenoxy) is 1. The molecule has 0 fully saturated rings. The maximum atomic E-state index is 13.1. The van der Waals surface area contributed by atoms with Crippen LogP contribution in [0.2, 0.25) is 0 Å². The molecule has 5 rings (SSSR count). The van der Waals surface area contributed by atoms with Crippen LogP contribution in [0.15, 0.2) is 64.8 Å². The second-order valence-electron chi connectivity index (χ2n) is 8.13. The van der Waals surface area contributed by atoms with Crippen molar-refractivity contribution in [1.82, 2.24) is 19.3 Å². The Bertz CT molecular complexity index is 1630. The Balaban J connectivity index is 1.45. The third-order valence-electron chi connectivity index (χ3n) is 5.93. The Morgan fingerprint density at radius 1 is 1.06 bits per heavy atom.